The van der Waals surface area contributed by atoms with Crippen LogP contribution in [0, 0.1) is 3.70 Å². The number of hydrogen-bond donors (Lipinski definition) is 2. The van der Waals surface area contributed by atoms with Crippen molar-refractivity contribution in [3.05, 3.63) is 21.0 Å². The molecule has 0 fully saturated rings. The molecule has 0 saturated heterocycles. The van der Waals surface area contributed by atoms with Crippen LogP contribution in [0.2, 0.25) is 0 Å². The van der Waals surface area contributed by atoms with Crippen LogP contribution in [0.15, 0.2) is 6.07 Å². The average Bonchev–Trinajstić information content (AvgIpc) is 2.08. The van der Waals surface area contributed by atoms with Crippen LogP contribution in [0.25, 0.3) is 0 Å². The first-order chi connectivity index (χ1) is 6.43. The van der Waals surface area contributed by atoms with E-state index in [-0.39, 0.29) is 3.70 Å². The van der Waals surface area contributed by atoms with E-state index in [4.69, 9.17) is 10.2 Å². The van der Waals surface area contributed by atoms with Crippen molar-refractivity contribution in [3.8, 4) is 5.75 Å². The summed E-state index contributed by atoms with van der Waals surface area (Å²) >= 11 is 1.54. The lowest BCUT2D eigenvalue weighted by Gasteiger charge is -2.05. The molecule has 1 heterocycles. The van der Waals surface area contributed by atoms with Gasteiger partial charge in [0.05, 0.1) is 5.56 Å². The lowest BCUT2D eigenvalue weighted by atomic mass is 10.2. The SMILES string of the molecule is O=C(O)c1cc(O)c(I)nc1C(F)F. The van der Waals surface area contributed by atoms with Gasteiger partial charge in [-0.1, -0.05) is 0 Å². The number of halogens is 3. The zero-order valence-electron chi connectivity index (χ0n) is 6.54. The second-order valence-electron chi connectivity index (χ2n) is 2.34. The summed E-state index contributed by atoms with van der Waals surface area (Å²) in [5, 5.41) is 17.6. The number of carboxylic acid groups (broad SMARTS) is 1. The number of aromatic hydroxyl groups is 1. The molecule has 0 aliphatic rings. The standard InChI is InChI=1S/C7H4F2INO3/c8-5(9)4-2(7(13)14)1-3(12)6(10)11-4/h1,5,12H,(H,13,14). The molecule has 0 aromatic carbocycles. The Morgan fingerprint density at radius 3 is 2.57 bits per heavy atom. The highest BCUT2D eigenvalue weighted by atomic mass is 127. The maximum absolute atomic E-state index is 12.3. The lowest BCUT2D eigenvalue weighted by Crippen LogP contribution is -2.06. The highest BCUT2D eigenvalue weighted by Crippen LogP contribution is 2.27. The fraction of sp³-hybridized carbons (Fsp3) is 0.143. The number of aromatic carboxylic acids is 1. The molecule has 0 amide bonds. The Hall–Kier alpha value is -0.990. The maximum Gasteiger partial charge on any atom is 0.337 e. The van der Waals surface area contributed by atoms with Crippen LogP contribution in [0.3, 0.4) is 0 Å². The number of carboxylic acids is 1. The van der Waals surface area contributed by atoms with E-state index in [2.05, 4.69) is 4.98 Å². The Labute approximate surface area is 90.7 Å². The second kappa shape index (κ2) is 4.03. The molecule has 76 valence electrons. The predicted octanol–water partition coefficient (Wildman–Crippen LogP) is 2.03. The van der Waals surface area contributed by atoms with Crippen LogP contribution >= 0.6 is 22.6 Å². The molecular formula is C7H4F2INO3. The Bertz CT molecular complexity index is 383. The van der Waals surface area contributed by atoms with Crippen LogP contribution in [-0.4, -0.2) is 21.2 Å². The molecule has 1 aromatic heterocycles. The Kier molecular flexibility index (Phi) is 3.19. The van der Waals surface area contributed by atoms with Crippen molar-refractivity contribution in [3.63, 3.8) is 0 Å². The Balaban J connectivity index is 3.39. The lowest BCUT2D eigenvalue weighted by molar-refractivity contribution is 0.0681. The fourth-order valence-electron chi connectivity index (χ4n) is 0.831. The van der Waals surface area contributed by atoms with Crippen molar-refractivity contribution in [1.82, 2.24) is 4.98 Å². The third-order valence-corrected chi connectivity index (χ3v) is 2.22. The summed E-state index contributed by atoms with van der Waals surface area (Å²) in [7, 11) is 0. The van der Waals surface area contributed by atoms with Gasteiger partial charge in [-0.15, -0.1) is 0 Å². The van der Waals surface area contributed by atoms with Crippen LogP contribution in [0.4, 0.5) is 8.78 Å². The van der Waals surface area contributed by atoms with Crippen molar-refractivity contribution in [1.29, 1.82) is 0 Å². The van der Waals surface area contributed by atoms with Gasteiger partial charge in [0.1, 0.15) is 15.1 Å². The summed E-state index contributed by atoms with van der Waals surface area (Å²) < 4.78 is 24.5. The number of nitrogens with zero attached hydrogens (tertiary/aromatic N) is 1. The number of rotatable bonds is 2. The number of carbonyl (C=O) groups is 1. The summed E-state index contributed by atoms with van der Waals surface area (Å²) in [4.78, 5) is 13.8. The highest BCUT2D eigenvalue weighted by molar-refractivity contribution is 14.1. The number of hydrogen-bond acceptors (Lipinski definition) is 3. The van der Waals surface area contributed by atoms with E-state index < -0.39 is 29.4 Å². The minimum Gasteiger partial charge on any atom is -0.505 e. The third kappa shape index (κ3) is 2.08. The van der Waals surface area contributed by atoms with Gasteiger partial charge in [0.2, 0.25) is 0 Å². The predicted molar refractivity (Wildman–Crippen MR) is 50.5 cm³/mol. The summed E-state index contributed by atoms with van der Waals surface area (Å²) in [5.41, 5.74) is -1.52. The Morgan fingerprint density at radius 2 is 2.14 bits per heavy atom. The normalized spacial score (nSPS) is 10.6. The number of pyridine rings is 1. The Morgan fingerprint density at radius 1 is 1.57 bits per heavy atom. The minimum atomic E-state index is -2.98. The van der Waals surface area contributed by atoms with Gasteiger partial charge in [-0.25, -0.2) is 18.6 Å². The van der Waals surface area contributed by atoms with Gasteiger partial charge in [-0.2, -0.15) is 0 Å². The van der Waals surface area contributed by atoms with Crippen molar-refractivity contribution in [2.45, 2.75) is 6.43 Å². The van der Waals surface area contributed by atoms with E-state index in [0.717, 1.165) is 6.07 Å². The van der Waals surface area contributed by atoms with E-state index in [0.29, 0.717) is 0 Å². The molecule has 0 atom stereocenters. The summed E-state index contributed by atoms with van der Waals surface area (Å²) in [6, 6.07) is 0.762. The minimum absolute atomic E-state index is 0.0529. The molecular weight excluding hydrogens is 311 g/mol. The first-order valence-electron chi connectivity index (χ1n) is 3.34. The van der Waals surface area contributed by atoms with Crippen LogP contribution < -0.4 is 0 Å². The molecule has 1 rings (SSSR count). The zero-order valence-corrected chi connectivity index (χ0v) is 8.70. The van der Waals surface area contributed by atoms with Gasteiger partial charge in [0.15, 0.2) is 0 Å². The smallest absolute Gasteiger partial charge is 0.337 e. The second-order valence-corrected chi connectivity index (χ2v) is 3.36. The quantitative estimate of drug-likeness (QED) is 0.647. The zero-order chi connectivity index (χ0) is 10.9. The molecule has 0 unspecified atom stereocenters. The topological polar surface area (TPSA) is 70.4 Å². The molecule has 0 bridgehead atoms. The van der Waals surface area contributed by atoms with E-state index in [1.165, 1.54) is 22.6 Å². The molecule has 0 radical (unpaired) electrons. The van der Waals surface area contributed by atoms with Crippen molar-refractivity contribution in [2.24, 2.45) is 0 Å². The molecule has 2 N–H and O–H groups in total. The third-order valence-electron chi connectivity index (χ3n) is 1.42. The van der Waals surface area contributed by atoms with Crippen LogP contribution in [0.1, 0.15) is 22.5 Å². The maximum atomic E-state index is 12.3. The summed E-state index contributed by atoms with van der Waals surface area (Å²) in [5.74, 6) is -1.97. The van der Waals surface area contributed by atoms with Crippen molar-refractivity contribution >= 4 is 28.6 Å². The van der Waals surface area contributed by atoms with Crippen molar-refractivity contribution in [2.75, 3.05) is 0 Å². The molecule has 0 saturated carbocycles. The largest absolute Gasteiger partial charge is 0.505 e. The molecule has 14 heavy (non-hydrogen) atoms. The first-order valence-corrected chi connectivity index (χ1v) is 4.42. The van der Waals surface area contributed by atoms with Gasteiger partial charge in [0, 0.05) is 0 Å². The van der Waals surface area contributed by atoms with E-state index >= 15 is 0 Å². The van der Waals surface area contributed by atoms with Gasteiger partial charge < -0.3 is 10.2 Å². The van der Waals surface area contributed by atoms with Crippen LogP contribution in [0.5, 0.6) is 5.75 Å². The van der Waals surface area contributed by atoms with E-state index in [9.17, 15) is 13.6 Å². The van der Waals surface area contributed by atoms with Gasteiger partial charge in [-0.05, 0) is 28.7 Å². The van der Waals surface area contributed by atoms with Gasteiger partial charge >= 0.3 is 5.97 Å². The molecule has 1 aromatic rings. The molecule has 7 heteroatoms. The van der Waals surface area contributed by atoms with E-state index in [1.54, 1.807) is 0 Å². The van der Waals surface area contributed by atoms with Gasteiger partial charge in [0.25, 0.3) is 6.43 Å². The van der Waals surface area contributed by atoms with Gasteiger partial charge in [-0.3, -0.25) is 0 Å². The first kappa shape index (κ1) is 11.1. The summed E-state index contributed by atoms with van der Waals surface area (Å²) in [6.07, 6.45) is -2.98. The molecule has 0 aliphatic carbocycles. The van der Waals surface area contributed by atoms with Crippen LogP contribution in [-0.2, 0) is 0 Å². The highest BCUT2D eigenvalue weighted by Gasteiger charge is 2.21. The average molecular weight is 315 g/mol. The molecule has 0 spiro atoms. The van der Waals surface area contributed by atoms with E-state index in [1.807, 2.05) is 0 Å². The monoisotopic (exact) mass is 315 g/mol. The number of alkyl halides is 2. The molecule has 4 nitrogen and oxygen atoms in total. The van der Waals surface area contributed by atoms with Crippen molar-refractivity contribution < 1.29 is 23.8 Å². The summed E-state index contributed by atoms with van der Waals surface area (Å²) in [6.45, 7) is 0. The number of aromatic nitrogens is 1. The fourth-order valence-corrected chi connectivity index (χ4v) is 1.25. The molecule has 0 aliphatic heterocycles.